The number of halogens is 2. The molecule has 0 N–H and O–H groups in total. The molecule has 7 heteroatoms. The lowest BCUT2D eigenvalue weighted by molar-refractivity contribution is -0.0687. The molecule has 0 saturated heterocycles. The molecule has 3 aromatic rings. The van der Waals surface area contributed by atoms with Crippen molar-refractivity contribution in [2.24, 2.45) is 12.9 Å². The fourth-order valence-corrected chi connectivity index (χ4v) is 4.33. The van der Waals surface area contributed by atoms with Crippen molar-refractivity contribution in [3.63, 3.8) is 0 Å². The molecule has 150 valence electrons. The van der Waals surface area contributed by atoms with Crippen molar-refractivity contribution >= 4 is 11.0 Å². The van der Waals surface area contributed by atoms with E-state index in [0.717, 1.165) is 15.7 Å². The van der Waals surface area contributed by atoms with Crippen LogP contribution in [0.25, 0.3) is 22.2 Å². The molecule has 3 heterocycles. The monoisotopic (exact) mass is 392 g/mol. The van der Waals surface area contributed by atoms with E-state index in [1.165, 1.54) is 13.3 Å². The van der Waals surface area contributed by atoms with Crippen LogP contribution in [0.2, 0.25) is 0 Å². The molecule has 0 spiro atoms. The lowest BCUT2D eigenvalue weighted by Crippen LogP contribution is -2.28. The number of ether oxygens (including phenoxy) is 1. The third-order valence-electron chi connectivity index (χ3n) is 5.75. The fraction of sp³-hybridized carbons (Fsp3) is 0.524. The second-order valence-electron chi connectivity index (χ2n) is 7.60. The average Bonchev–Trinajstić information content (AvgIpc) is 3.23. The topological polar surface area (TPSA) is 53.1 Å². The minimum absolute atomic E-state index is 0.136. The Morgan fingerprint density at radius 2 is 2.11 bits per heavy atom. The van der Waals surface area contributed by atoms with Gasteiger partial charge in [0.05, 0.1) is 11.8 Å². The number of aromatic nitrogens is 3. The molecule has 5 nitrogen and oxygen atoms in total. The molecule has 1 aliphatic rings. The van der Waals surface area contributed by atoms with Gasteiger partial charge in [-0.05, 0) is 38.7 Å². The van der Waals surface area contributed by atoms with E-state index in [1.54, 1.807) is 13.1 Å². The van der Waals surface area contributed by atoms with E-state index in [-0.39, 0.29) is 18.8 Å². The Balaban J connectivity index is 1.85. The number of rotatable bonds is 4. The first kappa shape index (κ1) is 15.6. The van der Waals surface area contributed by atoms with Gasteiger partial charge in [0.15, 0.2) is 0 Å². The predicted octanol–water partition coefficient (Wildman–Crippen LogP) is 5.36. The van der Waals surface area contributed by atoms with E-state index in [4.69, 9.17) is 13.4 Å². The third-order valence-corrected chi connectivity index (χ3v) is 5.75. The predicted molar refractivity (Wildman–Crippen MR) is 102 cm³/mol. The number of hydrogen-bond acceptors (Lipinski definition) is 4. The van der Waals surface area contributed by atoms with E-state index in [2.05, 4.69) is 10.1 Å². The second kappa shape index (κ2) is 6.95. The molecular weight excluding hydrogens is 364 g/mol. The number of methoxy groups -OCH3 is 1. The van der Waals surface area contributed by atoms with Gasteiger partial charge in [-0.15, -0.1) is 0 Å². The van der Waals surface area contributed by atoms with Gasteiger partial charge in [0, 0.05) is 65.5 Å². The number of hydrogen-bond donors (Lipinski definition) is 0. The highest BCUT2D eigenvalue weighted by atomic mass is 19.3. The van der Waals surface area contributed by atoms with Gasteiger partial charge in [0.25, 0.3) is 0 Å². The van der Waals surface area contributed by atoms with Crippen LogP contribution in [0.15, 0.2) is 23.0 Å². The lowest BCUT2D eigenvalue weighted by atomic mass is 9.81. The van der Waals surface area contributed by atoms with E-state index in [9.17, 15) is 8.78 Å². The highest BCUT2D eigenvalue weighted by Gasteiger charge is 2.39. The lowest BCUT2D eigenvalue weighted by Gasteiger charge is -2.33. The van der Waals surface area contributed by atoms with Gasteiger partial charge in [0.2, 0.25) is 5.92 Å². The van der Waals surface area contributed by atoms with Crippen LogP contribution in [0.4, 0.5) is 8.78 Å². The zero-order valence-electron chi connectivity index (χ0n) is 19.1. The average molecular weight is 392 g/mol. The summed E-state index contributed by atoms with van der Waals surface area (Å²) in [6, 6.07) is 1.86. The smallest absolute Gasteiger partial charge is 0.248 e. The maximum absolute atomic E-state index is 13.7. The molecule has 1 fully saturated rings. The highest BCUT2D eigenvalue weighted by Crippen LogP contribution is 2.44. The molecule has 1 unspecified atom stereocenters. The summed E-state index contributed by atoms with van der Waals surface area (Å²) in [6.45, 7) is 1.19. The van der Waals surface area contributed by atoms with Crippen LogP contribution >= 0.6 is 0 Å². The molecule has 28 heavy (non-hydrogen) atoms. The first-order valence-corrected chi connectivity index (χ1v) is 9.37. The number of pyridine rings is 1. The van der Waals surface area contributed by atoms with Gasteiger partial charge >= 0.3 is 0 Å². The number of aryl methyl sites for hydroxylation is 3. The quantitative estimate of drug-likeness (QED) is 0.600. The molecule has 1 aliphatic carbocycles. The van der Waals surface area contributed by atoms with Crippen molar-refractivity contribution < 1.29 is 22.2 Å². The van der Waals surface area contributed by atoms with Gasteiger partial charge in [-0.25, -0.2) is 13.8 Å². The van der Waals surface area contributed by atoms with Gasteiger partial charge < -0.3 is 13.8 Å². The van der Waals surface area contributed by atoms with Crippen molar-refractivity contribution in [3.8, 4) is 11.1 Å². The zero-order valence-corrected chi connectivity index (χ0v) is 16.1. The largest absolute Gasteiger partial charge is 0.376 e. The minimum atomic E-state index is -2.65. The van der Waals surface area contributed by atoms with Gasteiger partial charge in [-0.2, -0.15) is 0 Å². The molecule has 0 aromatic carbocycles. The van der Waals surface area contributed by atoms with Crippen LogP contribution in [-0.4, -0.2) is 27.7 Å². The van der Waals surface area contributed by atoms with Gasteiger partial charge in [0.1, 0.15) is 11.4 Å². The Morgan fingerprint density at radius 3 is 2.71 bits per heavy atom. The third kappa shape index (κ3) is 3.21. The minimum Gasteiger partial charge on any atom is -0.376 e. The van der Waals surface area contributed by atoms with Gasteiger partial charge in [-0.3, -0.25) is 0 Å². The van der Waals surface area contributed by atoms with Crippen molar-refractivity contribution in [2.45, 2.75) is 51.6 Å². The zero-order chi connectivity index (χ0) is 22.6. The molecule has 4 rings (SSSR count). The van der Waals surface area contributed by atoms with E-state index < -0.39 is 19.0 Å². The van der Waals surface area contributed by atoms with Crippen LogP contribution in [0, 0.1) is 19.8 Å². The summed E-state index contributed by atoms with van der Waals surface area (Å²) < 4.78 is 63.3. The summed E-state index contributed by atoms with van der Waals surface area (Å²) in [7, 11) is 1.53. The summed E-state index contributed by atoms with van der Waals surface area (Å²) in [5, 5.41) is 4.61. The maximum Gasteiger partial charge on any atom is 0.248 e. The van der Waals surface area contributed by atoms with Crippen molar-refractivity contribution in [1.29, 1.82) is 0 Å². The van der Waals surface area contributed by atoms with Crippen LogP contribution in [0.5, 0.6) is 0 Å². The molecule has 1 saturated carbocycles. The number of alkyl halides is 2. The standard InChI is InChI=1S/C21H25F2N3O2/c1-12-18(13(2)28-25-12)15-9-16-17(11-26(3)20(16)24-10-15)19(27-4)14-5-7-21(22,23)8-6-14/h9-11,14,19H,5-8H2,1-4H3/i3D3. The first-order chi connectivity index (χ1) is 14.5. The molecule has 1 atom stereocenters. The molecule has 0 bridgehead atoms. The molecule has 3 aromatic heterocycles. The summed E-state index contributed by atoms with van der Waals surface area (Å²) in [5.74, 6) is -2.16. The van der Waals surface area contributed by atoms with Crippen LogP contribution < -0.4 is 0 Å². The molecule has 0 aliphatic heterocycles. The number of nitrogens with zero attached hydrogens (tertiary/aromatic N) is 3. The SMILES string of the molecule is [2H]C([2H])([2H])n1cc(C(OC)C2CCC(F)(F)CC2)c2cc(-c3c(C)noc3C)cnc21. The molecule has 0 radical (unpaired) electrons. The van der Waals surface area contributed by atoms with Crippen molar-refractivity contribution in [3.05, 3.63) is 35.5 Å². The maximum atomic E-state index is 13.7. The Bertz CT molecular complexity index is 1080. The van der Waals surface area contributed by atoms with Crippen molar-refractivity contribution in [2.75, 3.05) is 7.11 Å². The van der Waals surface area contributed by atoms with E-state index in [0.29, 0.717) is 40.9 Å². The van der Waals surface area contributed by atoms with E-state index >= 15 is 0 Å². The van der Waals surface area contributed by atoms with Crippen LogP contribution in [0.1, 0.15) is 52.9 Å². The molecule has 0 amide bonds. The molecular formula is C21H25F2N3O2. The van der Waals surface area contributed by atoms with Crippen molar-refractivity contribution in [1.82, 2.24) is 14.7 Å². The normalized spacial score (nSPS) is 20.7. The Kier molecular flexibility index (Phi) is 3.88. The first-order valence-electron chi connectivity index (χ1n) is 10.9. The summed E-state index contributed by atoms with van der Waals surface area (Å²) >= 11 is 0. The van der Waals surface area contributed by atoms with E-state index in [1.807, 2.05) is 13.0 Å². The van der Waals surface area contributed by atoms with Crippen LogP contribution in [-0.2, 0) is 11.7 Å². The Labute approximate surface area is 166 Å². The fourth-order valence-electron chi connectivity index (χ4n) is 4.33. The Morgan fingerprint density at radius 1 is 1.36 bits per heavy atom. The summed E-state index contributed by atoms with van der Waals surface area (Å²) in [6.07, 6.45) is 2.85. The number of fused-ring (bicyclic) bond motifs is 1. The summed E-state index contributed by atoms with van der Waals surface area (Å²) in [5.41, 5.74) is 3.19. The highest BCUT2D eigenvalue weighted by molar-refractivity contribution is 5.86. The van der Waals surface area contributed by atoms with Crippen LogP contribution in [0.3, 0.4) is 0 Å². The summed E-state index contributed by atoms with van der Waals surface area (Å²) in [4.78, 5) is 4.45. The van der Waals surface area contributed by atoms with Gasteiger partial charge in [-0.1, -0.05) is 5.16 Å². The second-order valence-corrected chi connectivity index (χ2v) is 7.60. The Hall–Kier alpha value is -2.28.